The smallest absolute Gasteiger partial charge is 0.175 e. The summed E-state index contributed by atoms with van der Waals surface area (Å²) in [5.41, 5.74) is 3.91. The quantitative estimate of drug-likeness (QED) is 0.366. The maximum absolute atomic E-state index is 11.5. The fourth-order valence-corrected chi connectivity index (χ4v) is 3.53. The number of nitrogens with zero attached hydrogens (tertiary/aromatic N) is 5. The highest BCUT2D eigenvalue weighted by Crippen LogP contribution is 2.25. The van der Waals surface area contributed by atoms with Gasteiger partial charge in [0.25, 0.3) is 0 Å². The standard InChI is InChI=1S/C23H25N5O2S/c1-4-28(5-2)22-14-10-20(11-15-22)26-24-18-6-8-19(9-7-18)25-27-21-12-16-23(17-13-21)31(3,29)30/h6-17H,4-5H2,1-3H3. The van der Waals surface area contributed by atoms with Gasteiger partial charge in [0.15, 0.2) is 9.84 Å². The molecule has 31 heavy (non-hydrogen) atoms. The second-order valence-electron chi connectivity index (χ2n) is 6.87. The molecule has 0 unspecified atom stereocenters. The van der Waals surface area contributed by atoms with Gasteiger partial charge >= 0.3 is 0 Å². The van der Waals surface area contributed by atoms with Gasteiger partial charge in [-0.15, -0.1) is 0 Å². The Hall–Kier alpha value is -3.39. The number of rotatable bonds is 8. The van der Waals surface area contributed by atoms with Crippen molar-refractivity contribution in [2.75, 3.05) is 24.2 Å². The largest absolute Gasteiger partial charge is 0.372 e. The van der Waals surface area contributed by atoms with Crippen LogP contribution in [0, 0.1) is 0 Å². The van der Waals surface area contributed by atoms with E-state index >= 15 is 0 Å². The summed E-state index contributed by atoms with van der Waals surface area (Å²) in [5, 5.41) is 16.8. The Labute approximate surface area is 183 Å². The van der Waals surface area contributed by atoms with Crippen molar-refractivity contribution in [2.45, 2.75) is 18.7 Å². The van der Waals surface area contributed by atoms with Crippen LogP contribution in [-0.2, 0) is 9.84 Å². The molecule has 0 saturated heterocycles. The molecule has 0 aliphatic carbocycles. The summed E-state index contributed by atoms with van der Waals surface area (Å²) >= 11 is 0. The summed E-state index contributed by atoms with van der Waals surface area (Å²) in [5.74, 6) is 0. The number of sulfone groups is 1. The molecule has 0 aromatic heterocycles. The topological polar surface area (TPSA) is 86.8 Å². The summed E-state index contributed by atoms with van der Waals surface area (Å²) in [4.78, 5) is 2.53. The fraction of sp³-hybridized carbons (Fsp3) is 0.217. The Morgan fingerprint density at radius 2 is 0.935 bits per heavy atom. The molecule has 0 radical (unpaired) electrons. The Bertz CT molecular complexity index is 1150. The first-order valence-electron chi connectivity index (χ1n) is 9.97. The third-order valence-corrected chi connectivity index (χ3v) is 5.78. The van der Waals surface area contributed by atoms with Gasteiger partial charge in [0.1, 0.15) is 0 Å². The zero-order valence-corrected chi connectivity index (χ0v) is 18.6. The van der Waals surface area contributed by atoms with E-state index in [2.05, 4.69) is 39.2 Å². The van der Waals surface area contributed by atoms with E-state index in [1.165, 1.54) is 24.1 Å². The van der Waals surface area contributed by atoms with Gasteiger partial charge in [-0.25, -0.2) is 8.42 Å². The van der Waals surface area contributed by atoms with Crippen molar-refractivity contribution in [1.82, 2.24) is 0 Å². The Morgan fingerprint density at radius 3 is 1.26 bits per heavy atom. The van der Waals surface area contributed by atoms with Crippen LogP contribution in [0.1, 0.15) is 13.8 Å². The number of benzene rings is 3. The molecule has 0 spiro atoms. The van der Waals surface area contributed by atoms with Crippen LogP contribution in [0.25, 0.3) is 0 Å². The summed E-state index contributed by atoms with van der Waals surface area (Å²) in [6, 6.07) is 21.5. The number of hydrogen-bond donors (Lipinski definition) is 0. The van der Waals surface area contributed by atoms with Crippen molar-refractivity contribution < 1.29 is 8.42 Å². The maximum atomic E-state index is 11.5. The third kappa shape index (κ3) is 6.29. The number of azo groups is 2. The molecule has 0 aliphatic rings. The van der Waals surface area contributed by atoms with Crippen LogP contribution in [0.4, 0.5) is 28.4 Å². The van der Waals surface area contributed by atoms with E-state index in [1.54, 1.807) is 24.3 Å². The zero-order chi connectivity index (χ0) is 22.3. The van der Waals surface area contributed by atoms with Gasteiger partial charge in [-0.05, 0) is 86.6 Å². The average Bonchev–Trinajstić information content (AvgIpc) is 2.78. The van der Waals surface area contributed by atoms with Gasteiger partial charge in [-0.3, -0.25) is 0 Å². The van der Waals surface area contributed by atoms with E-state index in [4.69, 9.17) is 0 Å². The van der Waals surface area contributed by atoms with E-state index in [1.807, 2.05) is 36.4 Å². The van der Waals surface area contributed by atoms with Gasteiger partial charge in [0.2, 0.25) is 0 Å². The van der Waals surface area contributed by atoms with Crippen molar-refractivity contribution in [1.29, 1.82) is 0 Å². The second-order valence-corrected chi connectivity index (χ2v) is 8.89. The summed E-state index contributed by atoms with van der Waals surface area (Å²) in [6.07, 6.45) is 1.17. The van der Waals surface area contributed by atoms with Crippen molar-refractivity contribution in [2.24, 2.45) is 20.5 Å². The highest BCUT2D eigenvalue weighted by Gasteiger charge is 2.05. The lowest BCUT2D eigenvalue weighted by Gasteiger charge is -2.20. The average molecular weight is 436 g/mol. The Morgan fingerprint density at radius 1 is 0.613 bits per heavy atom. The van der Waals surface area contributed by atoms with Crippen LogP contribution < -0.4 is 4.90 Å². The lowest BCUT2D eigenvalue weighted by atomic mass is 10.2. The lowest BCUT2D eigenvalue weighted by Crippen LogP contribution is -2.21. The van der Waals surface area contributed by atoms with Gasteiger partial charge in [0, 0.05) is 25.0 Å². The fourth-order valence-electron chi connectivity index (χ4n) is 2.90. The molecule has 0 saturated carbocycles. The van der Waals surface area contributed by atoms with Crippen LogP contribution in [0.15, 0.2) is 98.1 Å². The van der Waals surface area contributed by atoms with Gasteiger partial charge < -0.3 is 4.90 Å². The minimum atomic E-state index is -3.22. The maximum Gasteiger partial charge on any atom is 0.175 e. The zero-order valence-electron chi connectivity index (χ0n) is 17.8. The van der Waals surface area contributed by atoms with E-state index in [-0.39, 0.29) is 4.90 Å². The number of hydrogen-bond acceptors (Lipinski definition) is 7. The van der Waals surface area contributed by atoms with Crippen molar-refractivity contribution in [3.05, 3.63) is 72.8 Å². The molecule has 3 aromatic rings. The molecule has 0 atom stereocenters. The van der Waals surface area contributed by atoms with Crippen LogP contribution >= 0.6 is 0 Å². The summed E-state index contributed by atoms with van der Waals surface area (Å²) in [6.45, 7) is 6.20. The van der Waals surface area contributed by atoms with E-state index in [9.17, 15) is 8.42 Å². The minimum absolute atomic E-state index is 0.254. The first-order chi connectivity index (χ1) is 14.9. The first-order valence-corrected chi connectivity index (χ1v) is 11.9. The second kappa shape index (κ2) is 10.1. The normalized spacial score (nSPS) is 12.0. The molecule has 0 bridgehead atoms. The first kappa shape index (κ1) is 22.3. The minimum Gasteiger partial charge on any atom is -0.372 e. The van der Waals surface area contributed by atoms with Crippen molar-refractivity contribution in [3.63, 3.8) is 0 Å². The van der Waals surface area contributed by atoms with Gasteiger partial charge in [0.05, 0.1) is 27.6 Å². The molecule has 0 fully saturated rings. The molecule has 8 heteroatoms. The molecule has 0 aliphatic heterocycles. The molecule has 160 valence electrons. The predicted molar refractivity (Wildman–Crippen MR) is 124 cm³/mol. The molecular formula is C23H25N5O2S. The van der Waals surface area contributed by atoms with Crippen LogP contribution in [0.5, 0.6) is 0 Å². The predicted octanol–water partition coefficient (Wildman–Crippen LogP) is 6.77. The van der Waals surface area contributed by atoms with Crippen molar-refractivity contribution >= 4 is 38.3 Å². The SMILES string of the molecule is CCN(CC)c1ccc(N=Nc2ccc(N=Nc3ccc(S(C)(=O)=O)cc3)cc2)cc1. The molecule has 0 N–H and O–H groups in total. The molecule has 0 heterocycles. The van der Waals surface area contributed by atoms with E-state index in [0.717, 1.165) is 18.8 Å². The Kier molecular flexibility index (Phi) is 7.25. The lowest BCUT2D eigenvalue weighted by molar-refractivity contribution is 0.602. The molecular weight excluding hydrogens is 410 g/mol. The summed E-state index contributed by atoms with van der Waals surface area (Å²) < 4.78 is 23.0. The highest BCUT2D eigenvalue weighted by atomic mass is 32.2. The monoisotopic (exact) mass is 435 g/mol. The Balaban J connectivity index is 1.63. The van der Waals surface area contributed by atoms with Gasteiger partial charge in [-0.1, -0.05) is 0 Å². The highest BCUT2D eigenvalue weighted by molar-refractivity contribution is 7.90. The van der Waals surface area contributed by atoms with Crippen LogP contribution in [0.3, 0.4) is 0 Å². The van der Waals surface area contributed by atoms with Crippen LogP contribution in [0.2, 0.25) is 0 Å². The molecule has 3 aromatic carbocycles. The molecule has 0 amide bonds. The van der Waals surface area contributed by atoms with Gasteiger partial charge in [-0.2, -0.15) is 20.5 Å². The molecule has 3 rings (SSSR count). The third-order valence-electron chi connectivity index (χ3n) is 4.65. The van der Waals surface area contributed by atoms with Crippen molar-refractivity contribution in [3.8, 4) is 0 Å². The molecule has 7 nitrogen and oxygen atoms in total. The van der Waals surface area contributed by atoms with Crippen LogP contribution in [-0.4, -0.2) is 27.8 Å². The number of anilines is 1. The summed E-state index contributed by atoms with van der Waals surface area (Å²) in [7, 11) is -3.22. The van der Waals surface area contributed by atoms with E-state index in [0.29, 0.717) is 17.1 Å². The van der Waals surface area contributed by atoms with E-state index < -0.39 is 9.84 Å².